The van der Waals surface area contributed by atoms with Gasteiger partial charge in [-0.2, -0.15) is 0 Å². The highest BCUT2D eigenvalue weighted by Crippen LogP contribution is 2.40. The molecule has 102 valence electrons. The highest BCUT2D eigenvalue weighted by molar-refractivity contribution is 6.30. The zero-order valence-corrected chi connectivity index (χ0v) is 11.8. The molecule has 0 radical (unpaired) electrons. The van der Waals surface area contributed by atoms with E-state index in [0.717, 1.165) is 6.42 Å². The summed E-state index contributed by atoms with van der Waals surface area (Å²) in [6.07, 6.45) is 0.580. The summed E-state index contributed by atoms with van der Waals surface area (Å²) in [5.41, 5.74) is -0.501. The van der Waals surface area contributed by atoms with Crippen molar-refractivity contribution in [3.63, 3.8) is 0 Å². The van der Waals surface area contributed by atoms with Gasteiger partial charge in [-0.3, -0.25) is 4.79 Å². The molecule has 18 heavy (non-hydrogen) atoms. The van der Waals surface area contributed by atoms with Crippen LogP contribution in [0.5, 0.6) is 0 Å². The van der Waals surface area contributed by atoms with Gasteiger partial charge in [-0.05, 0) is 33.1 Å². The standard InChI is InChI=1S/C13H20ClNO3/c1-8(14)5-11(16)10-6-9(10)7-15-12(17)18-13(2,3)4/h9-10H,1,5-7H2,2-4H3,(H,15,17). The molecule has 0 aliphatic heterocycles. The number of rotatable bonds is 5. The number of carbonyl (C=O) groups is 2. The summed E-state index contributed by atoms with van der Waals surface area (Å²) in [5.74, 6) is 0.322. The number of Topliss-reactive ketones (excluding diaryl/α,β-unsaturated/α-hetero) is 1. The number of ketones is 1. The van der Waals surface area contributed by atoms with Gasteiger partial charge in [-0.1, -0.05) is 18.2 Å². The summed E-state index contributed by atoms with van der Waals surface area (Å²) < 4.78 is 5.11. The van der Waals surface area contributed by atoms with Crippen molar-refractivity contribution >= 4 is 23.5 Å². The van der Waals surface area contributed by atoms with E-state index >= 15 is 0 Å². The predicted octanol–water partition coefficient (Wildman–Crippen LogP) is 2.86. The molecule has 1 amide bonds. The fourth-order valence-corrected chi connectivity index (χ4v) is 1.85. The fourth-order valence-electron chi connectivity index (χ4n) is 1.72. The molecular weight excluding hydrogens is 254 g/mol. The predicted molar refractivity (Wildman–Crippen MR) is 70.5 cm³/mol. The molecule has 0 bridgehead atoms. The van der Waals surface area contributed by atoms with E-state index in [0.29, 0.717) is 11.6 Å². The van der Waals surface area contributed by atoms with Crippen molar-refractivity contribution in [1.82, 2.24) is 5.32 Å². The molecular formula is C13H20ClNO3. The Balaban J connectivity index is 2.22. The molecule has 2 unspecified atom stereocenters. The van der Waals surface area contributed by atoms with Crippen molar-refractivity contribution in [3.8, 4) is 0 Å². The third kappa shape index (κ3) is 5.54. The molecule has 2 atom stereocenters. The van der Waals surface area contributed by atoms with Gasteiger partial charge in [0.25, 0.3) is 0 Å². The molecule has 0 spiro atoms. The summed E-state index contributed by atoms with van der Waals surface area (Å²) in [6.45, 7) is 9.39. The summed E-state index contributed by atoms with van der Waals surface area (Å²) >= 11 is 5.59. The van der Waals surface area contributed by atoms with E-state index in [2.05, 4.69) is 11.9 Å². The molecule has 5 heteroatoms. The van der Waals surface area contributed by atoms with Crippen molar-refractivity contribution in [2.45, 2.75) is 39.2 Å². The van der Waals surface area contributed by atoms with Crippen LogP contribution in [0.25, 0.3) is 0 Å². The van der Waals surface area contributed by atoms with Crippen LogP contribution in [0.15, 0.2) is 11.6 Å². The van der Waals surface area contributed by atoms with E-state index in [-0.39, 0.29) is 24.0 Å². The maximum Gasteiger partial charge on any atom is 0.407 e. The number of ether oxygens (including phenoxy) is 1. The number of alkyl carbamates (subject to hydrolysis) is 1. The number of nitrogens with one attached hydrogen (secondary N) is 1. The first-order valence-electron chi connectivity index (χ1n) is 6.02. The molecule has 1 fully saturated rings. The Hall–Kier alpha value is -1.03. The highest BCUT2D eigenvalue weighted by Gasteiger charge is 2.42. The highest BCUT2D eigenvalue weighted by atomic mass is 35.5. The molecule has 1 rings (SSSR count). The first kappa shape index (κ1) is 15.0. The topological polar surface area (TPSA) is 55.4 Å². The lowest BCUT2D eigenvalue weighted by atomic mass is 10.1. The normalized spacial score (nSPS) is 22.2. The quantitative estimate of drug-likeness (QED) is 0.838. The van der Waals surface area contributed by atoms with Gasteiger partial charge in [0.2, 0.25) is 0 Å². The SMILES string of the molecule is C=C(Cl)CC(=O)C1CC1CNC(=O)OC(C)(C)C. The molecule has 1 aliphatic rings. The molecule has 1 aliphatic carbocycles. The van der Waals surface area contributed by atoms with Gasteiger partial charge < -0.3 is 10.1 Å². The van der Waals surface area contributed by atoms with Gasteiger partial charge in [0.05, 0.1) is 0 Å². The van der Waals surface area contributed by atoms with E-state index in [9.17, 15) is 9.59 Å². The molecule has 0 aromatic carbocycles. The van der Waals surface area contributed by atoms with E-state index in [1.165, 1.54) is 0 Å². The second kappa shape index (κ2) is 5.74. The summed E-state index contributed by atoms with van der Waals surface area (Å²) in [6, 6.07) is 0. The zero-order valence-electron chi connectivity index (χ0n) is 11.1. The maximum absolute atomic E-state index is 11.6. The maximum atomic E-state index is 11.6. The number of hydrogen-bond donors (Lipinski definition) is 1. The van der Waals surface area contributed by atoms with Gasteiger partial charge in [0, 0.05) is 23.9 Å². The minimum Gasteiger partial charge on any atom is -0.444 e. The van der Waals surface area contributed by atoms with Crippen LogP contribution < -0.4 is 5.32 Å². The first-order chi connectivity index (χ1) is 8.19. The Morgan fingerprint density at radius 1 is 1.44 bits per heavy atom. The van der Waals surface area contributed by atoms with E-state index in [1.54, 1.807) is 0 Å². The van der Waals surface area contributed by atoms with Crippen molar-refractivity contribution < 1.29 is 14.3 Å². The third-order valence-corrected chi connectivity index (χ3v) is 2.74. The summed E-state index contributed by atoms with van der Waals surface area (Å²) in [4.78, 5) is 23.0. The van der Waals surface area contributed by atoms with E-state index in [4.69, 9.17) is 16.3 Å². The fraction of sp³-hybridized carbons (Fsp3) is 0.692. The Kier molecular flexibility index (Phi) is 4.79. The second-order valence-electron chi connectivity index (χ2n) is 5.65. The van der Waals surface area contributed by atoms with Crippen LogP contribution in [0.4, 0.5) is 4.79 Å². The lowest BCUT2D eigenvalue weighted by Crippen LogP contribution is -2.33. The summed E-state index contributed by atoms with van der Waals surface area (Å²) in [7, 11) is 0. The number of hydrogen-bond acceptors (Lipinski definition) is 3. The Labute approximate surface area is 113 Å². The van der Waals surface area contributed by atoms with Gasteiger partial charge >= 0.3 is 6.09 Å². The minimum absolute atomic E-state index is 0.00966. The monoisotopic (exact) mass is 273 g/mol. The average Bonchev–Trinajstić information content (AvgIpc) is 2.89. The van der Waals surface area contributed by atoms with Crippen molar-refractivity contribution in [1.29, 1.82) is 0 Å². The van der Waals surface area contributed by atoms with Crippen LogP contribution in [0, 0.1) is 11.8 Å². The number of carbonyl (C=O) groups excluding carboxylic acids is 2. The third-order valence-electron chi connectivity index (χ3n) is 2.61. The number of allylic oxidation sites excluding steroid dienone is 1. The minimum atomic E-state index is -0.501. The van der Waals surface area contributed by atoms with Crippen molar-refractivity contribution in [3.05, 3.63) is 11.6 Å². The van der Waals surface area contributed by atoms with Crippen LogP contribution in [0.2, 0.25) is 0 Å². The summed E-state index contributed by atoms with van der Waals surface area (Å²) in [5, 5.41) is 3.04. The van der Waals surface area contributed by atoms with Crippen molar-refractivity contribution in [2.75, 3.05) is 6.54 Å². The molecule has 1 saturated carbocycles. The molecule has 0 heterocycles. The Morgan fingerprint density at radius 3 is 2.56 bits per heavy atom. The van der Waals surface area contributed by atoms with E-state index < -0.39 is 11.7 Å². The van der Waals surface area contributed by atoms with Crippen LogP contribution in [0.1, 0.15) is 33.6 Å². The van der Waals surface area contributed by atoms with Gasteiger partial charge in [0.15, 0.2) is 0 Å². The van der Waals surface area contributed by atoms with Crippen molar-refractivity contribution in [2.24, 2.45) is 11.8 Å². The largest absolute Gasteiger partial charge is 0.444 e. The van der Waals surface area contributed by atoms with Crippen LogP contribution in [0.3, 0.4) is 0 Å². The van der Waals surface area contributed by atoms with Crippen LogP contribution in [-0.2, 0) is 9.53 Å². The van der Waals surface area contributed by atoms with Gasteiger partial charge in [-0.15, -0.1) is 0 Å². The molecule has 4 nitrogen and oxygen atoms in total. The van der Waals surface area contributed by atoms with Crippen LogP contribution in [-0.4, -0.2) is 24.0 Å². The van der Waals surface area contributed by atoms with Crippen LogP contribution >= 0.6 is 11.6 Å². The Morgan fingerprint density at radius 2 is 2.06 bits per heavy atom. The number of halogens is 1. The second-order valence-corrected chi connectivity index (χ2v) is 6.18. The van der Waals surface area contributed by atoms with E-state index in [1.807, 2.05) is 20.8 Å². The lowest BCUT2D eigenvalue weighted by Gasteiger charge is -2.19. The lowest BCUT2D eigenvalue weighted by molar-refractivity contribution is -0.119. The average molecular weight is 274 g/mol. The first-order valence-corrected chi connectivity index (χ1v) is 6.39. The van der Waals surface area contributed by atoms with Gasteiger partial charge in [0.1, 0.15) is 11.4 Å². The number of amides is 1. The molecule has 0 aromatic heterocycles. The smallest absolute Gasteiger partial charge is 0.407 e. The molecule has 0 aromatic rings. The van der Waals surface area contributed by atoms with Gasteiger partial charge in [-0.25, -0.2) is 4.79 Å². The zero-order chi connectivity index (χ0) is 13.9. The molecule has 1 N–H and O–H groups in total. The molecule has 0 saturated heterocycles. The Bertz CT molecular complexity index is 360.